The van der Waals surface area contributed by atoms with E-state index in [0.29, 0.717) is 18.5 Å². The van der Waals surface area contributed by atoms with Gasteiger partial charge in [-0.05, 0) is 38.1 Å². The Labute approximate surface area is 289 Å². The lowest BCUT2D eigenvalue weighted by atomic mass is 9.85. The molecule has 2 aromatic heterocycles. The fraction of sp³-hybridized carbons (Fsp3) is 0.545. The molecular weight excluding hydrogens is 673 g/mol. The molecule has 6 atom stereocenters. The van der Waals surface area contributed by atoms with Crippen molar-refractivity contribution in [2.45, 2.75) is 77.4 Å². The molecule has 5 rings (SSSR count). The van der Waals surface area contributed by atoms with Gasteiger partial charge >= 0.3 is 25.7 Å². The number of hydrogen-bond acceptors (Lipinski definition) is 14. The monoisotopic (exact) mass is 717 g/mol. The van der Waals surface area contributed by atoms with E-state index in [9.17, 15) is 18.9 Å². The number of anilines is 1. The number of fused-ring (bicyclic) bond motifs is 1. The number of esters is 3. The molecule has 2 aliphatic rings. The minimum atomic E-state index is -4.41. The van der Waals surface area contributed by atoms with Crippen LogP contribution in [-0.4, -0.2) is 82.8 Å². The first kappa shape index (κ1) is 37.2. The molecule has 2 aliphatic heterocycles. The number of nitrogens with one attached hydrogen (secondary N) is 1. The van der Waals surface area contributed by atoms with Crippen LogP contribution in [0.3, 0.4) is 0 Å². The van der Waals surface area contributed by atoms with Crippen molar-refractivity contribution < 1.29 is 51.7 Å². The van der Waals surface area contributed by atoms with Crippen LogP contribution in [0.2, 0.25) is 0 Å². The van der Waals surface area contributed by atoms with E-state index in [2.05, 4.69) is 15.2 Å². The van der Waals surface area contributed by atoms with Crippen LogP contribution in [0.15, 0.2) is 48.8 Å². The number of nitrogen functional groups attached to an aromatic ring is 1. The van der Waals surface area contributed by atoms with E-state index in [-0.39, 0.29) is 30.5 Å². The van der Waals surface area contributed by atoms with Gasteiger partial charge in [-0.1, -0.05) is 45.9 Å². The summed E-state index contributed by atoms with van der Waals surface area (Å²) in [5.74, 6) is -2.74. The highest BCUT2D eigenvalue weighted by molar-refractivity contribution is 7.52. The van der Waals surface area contributed by atoms with Crippen molar-refractivity contribution in [3.8, 4) is 5.75 Å². The highest BCUT2D eigenvalue weighted by Gasteiger charge is 2.64. The first-order chi connectivity index (χ1) is 23.7. The second kappa shape index (κ2) is 15.0. The minimum absolute atomic E-state index is 0.162. The maximum absolute atomic E-state index is 14.5. The zero-order chi connectivity index (χ0) is 36.3. The van der Waals surface area contributed by atoms with Crippen molar-refractivity contribution in [1.29, 1.82) is 0 Å². The first-order valence-electron chi connectivity index (χ1n) is 16.4. The molecule has 17 heteroatoms. The Morgan fingerprint density at radius 3 is 2.42 bits per heavy atom. The van der Waals surface area contributed by atoms with Crippen LogP contribution >= 0.6 is 7.75 Å². The van der Waals surface area contributed by atoms with Crippen molar-refractivity contribution in [2.75, 3.05) is 32.2 Å². The lowest BCUT2D eigenvalue weighted by Gasteiger charge is -2.38. The molecule has 16 nitrogen and oxygen atoms in total. The number of nitrogens with two attached hydrogens (primary N) is 1. The number of hydrogen-bond donors (Lipinski definition) is 2. The Morgan fingerprint density at radius 1 is 1.04 bits per heavy atom. The van der Waals surface area contributed by atoms with Gasteiger partial charge in [0.15, 0.2) is 11.9 Å². The summed E-state index contributed by atoms with van der Waals surface area (Å²) < 4.78 is 57.3. The molecule has 3 aromatic rings. The van der Waals surface area contributed by atoms with Crippen LogP contribution in [0.25, 0.3) is 5.52 Å². The molecule has 0 spiro atoms. The van der Waals surface area contributed by atoms with Crippen molar-refractivity contribution in [3.05, 3.63) is 54.5 Å². The van der Waals surface area contributed by atoms with E-state index in [1.807, 2.05) is 0 Å². The van der Waals surface area contributed by atoms with E-state index < -0.39 is 73.5 Å². The molecule has 2 saturated heterocycles. The Morgan fingerprint density at radius 2 is 1.76 bits per heavy atom. The molecule has 2 fully saturated rings. The summed E-state index contributed by atoms with van der Waals surface area (Å²) in [6.07, 6.45) is -0.0299. The van der Waals surface area contributed by atoms with Gasteiger partial charge in [0.25, 0.3) is 0 Å². The predicted molar refractivity (Wildman–Crippen MR) is 178 cm³/mol. The van der Waals surface area contributed by atoms with Crippen molar-refractivity contribution in [1.82, 2.24) is 19.7 Å². The average molecular weight is 718 g/mol. The van der Waals surface area contributed by atoms with E-state index in [1.165, 1.54) is 17.8 Å². The Balaban J connectivity index is 1.52. The average Bonchev–Trinajstić information content (AvgIpc) is 3.81. The zero-order valence-electron chi connectivity index (χ0n) is 28.9. The number of aromatic nitrogens is 3. The van der Waals surface area contributed by atoms with Gasteiger partial charge in [0.05, 0.1) is 44.0 Å². The number of carbonyl (C=O) groups is 3. The summed E-state index contributed by atoms with van der Waals surface area (Å²) in [5.41, 5.74) is 3.43. The standard InChI is InChI=1S/C33H44N5O11P/c1-20(2)28(39)47-31-32(6,44-18-33(31,48-29(40)21(3)4)26-13-12-25-27(34)35-19-36-38(25)26)17-45-50(42,49-23-10-8-7-9-11-23)37-22(5)30(41)46-24-14-15-43-16-24/h7-13,19-22,24,31H,14-18H2,1-6H3,(H,37,42)(H2,34,35,36)/t22-,24+,31+,32+,33+,50+/m0/s1. The normalized spacial score (nSPS) is 25.4. The molecule has 50 heavy (non-hydrogen) atoms. The maximum Gasteiger partial charge on any atom is 0.459 e. The van der Waals surface area contributed by atoms with E-state index in [1.54, 1.807) is 77.1 Å². The van der Waals surface area contributed by atoms with E-state index >= 15 is 0 Å². The largest absolute Gasteiger partial charge is 0.459 e. The van der Waals surface area contributed by atoms with Gasteiger partial charge in [-0.2, -0.15) is 10.2 Å². The number of ether oxygens (including phenoxy) is 5. The molecule has 0 aliphatic carbocycles. The molecule has 3 N–H and O–H groups in total. The van der Waals surface area contributed by atoms with Crippen molar-refractivity contribution in [3.63, 3.8) is 0 Å². The summed E-state index contributed by atoms with van der Waals surface area (Å²) in [5, 5.41) is 7.01. The van der Waals surface area contributed by atoms with Gasteiger partial charge in [0.1, 0.15) is 35.3 Å². The molecule has 1 aromatic carbocycles. The Kier molecular flexibility index (Phi) is 11.2. The van der Waals surface area contributed by atoms with Gasteiger partial charge < -0.3 is 33.9 Å². The number of rotatable bonds is 14. The number of nitrogens with zero attached hydrogens (tertiary/aromatic N) is 3. The van der Waals surface area contributed by atoms with Gasteiger partial charge in [0, 0.05) is 6.42 Å². The molecule has 0 unspecified atom stereocenters. The summed E-state index contributed by atoms with van der Waals surface area (Å²) in [7, 11) is -4.41. The van der Waals surface area contributed by atoms with Gasteiger partial charge in [0.2, 0.25) is 5.60 Å². The van der Waals surface area contributed by atoms with Crippen LogP contribution < -0.4 is 15.3 Å². The molecular formula is C33H44N5O11P. The van der Waals surface area contributed by atoms with Gasteiger partial charge in [-0.3, -0.25) is 18.9 Å². The molecule has 0 bridgehead atoms. The molecule has 0 saturated carbocycles. The minimum Gasteiger partial charge on any atom is -0.459 e. The third-order valence-corrected chi connectivity index (χ3v) is 9.96. The highest BCUT2D eigenvalue weighted by atomic mass is 31.2. The quantitative estimate of drug-likeness (QED) is 0.139. The lowest BCUT2D eigenvalue weighted by molar-refractivity contribution is -0.193. The highest BCUT2D eigenvalue weighted by Crippen LogP contribution is 2.51. The third kappa shape index (κ3) is 7.94. The maximum atomic E-state index is 14.5. The fourth-order valence-electron chi connectivity index (χ4n) is 5.51. The summed E-state index contributed by atoms with van der Waals surface area (Å²) in [6.45, 7) is 9.54. The Hall–Kier alpha value is -4.08. The van der Waals surface area contributed by atoms with Crippen molar-refractivity contribution >= 4 is 37.0 Å². The van der Waals surface area contributed by atoms with Crippen LogP contribution in [0.1, 0.15) is 53.7 Å². The SMILES string of the molecule is CC(C)C(=O)O[C@@H]1[C@@](C)(CO[P@](=O)(N[C@@H](C)C(=O)O[C@@H]2CCOC2)Oc2ccccc2)OC[C@@]1(OC(=O)C(C)C)c1ccc2c(N)ncnn12. The summed E-state index contributed by atoms with van der Waals surface area (Å²) in [6, 6.07) is 10.4. The fourth-order valence-corrected chi connectivity index (χ4v) is 7.09. The van der Waals surface area contributed by atoms with Gasteiger partial charge in [-0.15, -0.1) is 0 Å². The summed E-state index contributed by atoms with van der Waals surface area (Å²) >= 11 is 0. The Bertz CT molecular complexity index is 1730. The van der Waals surface area contributed by atoms with Crippen LogP contribution in [0, 0.1) is 11.8 Å². The topological polar surface area (TPSA) is 201 Å². The van der Waals surface area contributed by atoms with Crippen LogP contribution in [0.4, 0.5) is 5.82 Å². The van der Waals surface area contributed by atoms with E-state index in [4.69, 9.17) is 38.5 Å². The lowest BCUT2D eigenvalue weighted by Crippen LogP contribution is -2.55. The first-order valence-corrected chi connectivity index (χ1v) is 17.9. The zero-order valence-corrected chi connectivity index (χ0v) is 29.8. The van der Waals surface area contributed by atoms with Crippen molar-refractivity contribution in [2.24, 2.45) is 11.8 Å². The van der Waals surface area contributed by atoms with Crippen LogP contribution in [-0.2, 0) is 52.8 Å². The second-order valence-electron chi connectivity index (χ2n) is 13.1. The molecule has 272 valence electrons. The molecule has 0 radical (unpaired) electrons. The second-order valence-corrected chi connectivity index (χ2v) is 14.8. The smallest absolute Gasteiger partial charge is 0.459 e. The number of benzene rings is 1. The van der Waals surface area contributed by atoms with E-state index in [0.717, 1.165) is 0 Å². The van der Waals surface area contributed by atoms with Crippen LogP contribution in [0.5, 0.6) is 5.75 Å². The number of para-hydroxylation sites is 1. The predicted octanol–water partition coefficient (Wildman–Crippen LogP) is 3.58. The third-order valence-electron chi connectivity index (χ3n) is 8.34. The van der Waals surface area contributed by atoms with Gasteiger partial charge in [-0.25, -0.2) is 14.1 Å². The molecule has 0 amide bonds. The summed E-state index contributed by atoms with van der Waals surface area (Å²) in [4.78, 5) is 43.7. The molecule has 4 heterocycles. The number of carbonyl (C=O) groups excluding carboxylic acids is 3.